The predicted molar refractivity (Wildman–Crippen MR) is 107 cm³/mol. The Morgan fingerprint density at radius 3 is 2.60 bits per heavy atom. The second-order valence-corrected chi connectivity index (χ2v) is 6.71. The van der Waals surface area contributed by atoms with E-state index < -0.39 is 0 Å². The van der Waals surface area contributed by atoms with Crippen molar-refractivity contribution in [3.63, 3.8) is 0 Å². The molecule has 0 heterocycles. The molecular formula is C18H19BrN2O3S. The number of carbonyl (C=O) groups excluding carboxylic acids is 1. The molecule has 0 fully saturated rings. The quantitative estimate of drug-likeness (QED) is 0.700. The number of hydrogen-bond acceptors (Lipinski definition) is 4. The zero-order valence-electron chi connectivity index (χ0n) is 14.1. The van der Waals surface area contributed by atoms with E-state index in [1.165, 1.54) is 0 Å². The third-order valence-corrected chi connectivity index (χ3v) is 3.94. The highest BCUT2D eigenvalue weighted by atomic mass is 79.9. The Labute approximate surface area is 160 Å². The number of anilines is 1. The molecule has 0 unspecified atom stereocenters. The summed E-state index contributed by atoms with van der Waals surface area (Å²) in [6.07, 6.45) is 0.0515. The molecular weight excluding hydrogens is 404 g/mol. The number of nitrogens with one attached hydrogen (secondary N) is 2. The first-order valence-electron chi connectivity index (χ1n) is 7.61. The molecule has 0 radical (unpaired) electrons. The lowest BCUT2D eigenvalue weighted by molar-refractivity contribution is 0.0977. The number of amides is 1. The van der Waals surface area contributed by atoms with Crippen LogP contribution in [0.1, 0.15) is 24.2 Å². The molecule has 0 aliphatic heterocycles. The van der Waals surface area contributed by atoms with Crippen LogP contribution < -0.4 is 20.1 Å². The fourth-order valence-electron chi connectivity index (χ4n) is 2.03. The topological polar surface area (TPSA) is 59.6 Å². The minimum absolute atomic E-state index is 0.0515. The molecule has 0 aliphatic carbocycles. The Hall–Kier alpha value is -2.12. The van der Waals surface area contributed by atoms with Gasteiger partial charge in [-0.05, 0) is 72.3 Å². The van der Waals surface area contributed by atoms with Gasteiger partial charge < -0.3 is 14.8 Å². The van der Waals surface area contributed by atoms with Crippen molar-refractivity contribution in [2.24, 2.45) is 0 Å². The van der Waals surface area contributed by atoms with Crippen molar-refractivity contribution in [1.29, 1.82) is 0 Å². The van der Waals surface area contributed by atoms with E-state index in [2.05, 4.69) is 26.6 Å². The molecule has 0 saturated heterocycles. The highest BCUT2D eigenvalue weighted by Gasteiger charge is 2.12. The van der Waals surface area contributed by atoms with Gasteiger partial charge in [0, 0.05) is 17.3 Å². The van der Waals surface area contributed by atoms with Crippen molar-refractivity contribution in [2.45, 2.75) is 20.0 Å². The third kappa shape index (κ3) is 5.72. The van der Waals surface area contributed by atoms with E-state index in [-0.39, 0.29) is 17.1 Å². The van der Waals surface area contributed by atoms with Gasteiger partial charge in [0.1, 0.15) is 11.5 Å². The number of carbonyl (C=O) groups is 1. The smallest absolute Gasteiger partial charge is 0.257 e. The molecule has 2 aromatic carbocycles. The summed E-state index contributed by atoms with van der Waals surface area (Å²) >= 11 is 8.60. The number of hydrogen-bond donors (Lipinski definition) is 2. The molecule has 1 amide bonds. The van der Waals surface area contributed by atoms with Gasteiger partial charge in [-0.25, -0.2) is 0 Å². The molecule has 0 atom stereocenters. The fraction of sp³-hybridized carbons (Fsp3) is 0.222. The number of benzene rings is 2. The monoisotopic (exact) mass is 422 g/mol. The van der Waals surface area contributed by atoms with Crippen molar-refractivity contribution in [2.75, 3.05) is 12.4 Å². The number of methoxy groups -OCH3 is 1. The molecule has 0 aliphatic rings. The summed E-state index contributed by atoms with van der Waals surface area (Å²) in [5, 5.41) is 5.81. The molecule has 2 aromatic rings. The zero-order valence-corrected chi connectivity index (χ0v) is 16.5. The largest absolute Gasteiger partial charge is 0.497 e. The van der Waals surface area contributed by atoms with Gasteiger partial charge in [0.25, 0.3) is 5.91 Å². The standard InChI is InChI=1S/C18H19BrN2O3S/c1-11(2)24-16-8-7-12(9-15(16)19)17(22)21-18(25)20-13-5-4-6-14(10-13)23-3/h4-11H,1-3H3,(H2,20,21,22,25). The fourth-order valence-corrected chi connectivity index (χ4v) is 2.71. The highest BCUT2D eigenvalue weighted by molar-refractivity contribution is 9.10. The zero-order chi connectivity index (χ0) is 18.4. The molecule has 0 bridgehead atoms. The van der Waals surface area contributed by atoms with Crippen LogP contribution in [0.15, 0.2) is 46.9 Å². The summed E-state index contributed by atoms with van der Waals surface area (Å²) < 4.78 is 11.5. The Morgan fingerprint density at radius 2 is 1.96 bits per heavy atom. The van der Waals surface area contributed by atoms with Crippen LogP contribution in [0.4, 0.5) is 5.69 Å². The van der Waals surface area contributed by atoms with E-state index >= 15 is 0 Å². The van der Waals surface area contributed by atoms with Gasteiger partial charge in [-0.3, -0.25) is 10.1 Å². The third-order valence-electron chi connectivity index (χ3n) is 3.11. The lowest BCUT2D eigenvalue weighted by Gasteiger charge is -2.13. The number of thiocarbonyl (C=S) groups is 1. The maximum Gasteiger partial charge on any atom is 0.257 e. The second kappa shape index (κ2) is 8.82. The molecule has 0 aromatic heterocycles. The molecule has 5 nitrogen and oxygen atoms in total. The maximum absolute atomic E-state index is 12.3. The highest BCUT2D eigenvalue weighted by Crippen LogP contribution is 2.27. The molecule has 2 rings (SSSR count). The van der Waals surface area contributed by atoms with Crippen LogP contribution in [0.5, 0.6) is 11.5 Å². The average Bonchev–Trinajstić information content (AvgIpc) is 2.56. The predicted octanol–water partition coefficient (Wildman–Crippen LogP) is 4.37. The van der Waals surface area contributed by atoms with Gasteiger partial charge in [-0.2, -0.15) is 0 Å². The van der Waals surface area contributed by atoms with Gasteiger partial charge in [0.05, 0.1) is 17.7 Å². The molecule has 0 saturated carbocycles. The van der Waals surface area contributed by atoms with Crippen LogP contribution >= 0.6 is 28.1 Å². The van der Waals surface area contributed by atoms with Crippen LogP contribution in [0.2, 0.25) is 0 Å². The SMILES string of the molecule is COc1cccc(NC(=S)NC(=O)c2ccc(OC(C)C)c(Br)c2)c1. The Bertz CT molecular complexity index is 781. The van der Waals surface area contributed by atoms with E-state index in [1.54, 1.807) is 31.4 Å². The minimum Gasteiger partial charge on any atom is -0.497 e. The lowest BCUT2D eigenvalue weighted by atomic mass is 10.2. The van der Waals surface area contributed by atoms with Crippen molar-refractivity contribution < 1.29 is 14.3 Å². The average molecular weight is 423 g/mol. The summed E-state index contributed by atoms with van der Waals surface area (Å²) in [6.45, 7) is 3.88. The molecule has 25 heavy (non-hydrogen) atoms. The van der Waals surface area contributed by atoms with E-state index in [1.807, 2.05) is 32.0 Å². The molecule has 0 spiro atoms. The van der Waals surface area contributed by atoms with Crippen molar-refractivity contribution in [1.82, 2.24) is 5.32 Å². The van der Waals surface area contributed by atoms with Crippen LogP contribution in [0, 0.1) is 0 Å². The Morgan fingerprint density at radius 1 is 1.20 bits per heavy atom. The van der Waals surface area contributed by atoms with Crippen molar-refractivity contribution in [3.8, 4) is 11.5 Å². The normalized spacial score (nSPS) is 10.3. The van der Waals surface area contributed by atoms with Gasteiger partial charge >= 0.3 is 0 Å². The first-order valence-corrected chi connectivity index (χ1v) is 8.81. The van der Waals surface area contributed by atoms with E-state index in [0.717, 1.165) is 5.69 Å². The van der Waals surface area contributed by atoms with E-state index in [9.17, 15) is 4.79 Å². The van der Waals surface area contributed by atoms with Gasteiger partial charge in [0.2, 0.25) is 0 Å². The minimum atomic E-state index is -0.308. The van der Waals surface area contributed by atoms with Gasteiger partial charge in [0.15, 0.2) is 5.11 Å². The summed E-state index contributed by atoms with van der Waals surface area (Å²) in [4.78, 5) is 12.3. The lowest BCUT2D eigenvalue weighted by Crippen LogP contribution is -2.34. The van der Waals surface area contributed by atoms with Crippen molar-refractivity contribution >= 4 is 44.9 Å². The Kier molecular flexibility index (Phi) is 6.78. The first kappa shape index (κ1) is 19.2. The Balaban J connectivity index is 2.01. The van der Waals surface area contributed by atoms with Crippen LogP contribution in [-0.4, -0.2) is 24.2 Å². The molecule has 2 N–H and O–H groups in total. The van der Waals surface area contributed by atoms with Gasteiger partial charge in [-0.1, -0.05) is 6.07 Å². The number of rotatable bonds is 5. The first-order chi connectivity index (χ1) is 11.9. The van der Waals surface area contributed by atoms with E-state index in [0.29, 0.717) is 21.5 Å². The van der Waals surface area contributed by atoms with Crippen LogP contribution in [0.25, 0.3) is 0 Å². The van der Waals surface area contributed by atoms with Crippen LogP contribution in [-0.2, 0) is 0 Å². The second-order valence-electron chi connectivity index (χ2n) is 5.45. The van der Waals surface area contributed by atoms with Crippen molar-refractivity contribution in [3.05, 3.63) is 52.5 Å². The van der Waals surface area contributed by atoms with Crippen LogP contribution in [0.3, 0.4) is 0 Å². The number of halogens is 1. The maximum atomic E-state index is 12.3. The van der Waals surface area contributed by atoms with Gasteiger partial charge in [-0.15, -0.1) is 0 Å². The number of ether oxygens (including phenoxy) is 2. The summed E-state index contributed by atoms with van der Waals surface area (Å²) in [6, 6.07) is 12.4. The molecule has 7 heteroatoms. The summed E-state index contributed by atoms with van der Waals surface area (Å²) in [5.74, 6) is 1.07. The summed E-state index contributed by atoms with van der Waals surface area (Å²) in [7, 11) is 1.59. The molecule has 132 valence electrons. The van der Waals surface area contributed by atoms with E-state index in [4.69, 9.17) is 21.7 Å². The summed E-state index contributed by atoms with van der Waals surface area (Å²) in [5.41, 5.74) is 1.20.